The molecule has 1 aromatic carbocycles. The molecule has 0 aliphatic heterocycles. The Balaban J connectivity index is 3.19. The summed E-state index contributed by atoms with van der Waals surface area (Å²) < 4.78 is 0. The van der Waals surface area contributed by atoms with E-state index in [0.717, 1.165) is 5.56 Å². The fraction of sp³-hybridized carbons (Fsp3) is 0.125. The van der Waals surface area contributed by atoms with Gasteiger partial charge in [0.1, 0.15) is 0 Å². The van der Waals surface area contributed by atoms with Crippen LogP contribution in [0.5, 0.6) is 0 Å². The summed E-state index contributed by atoms with van der Waals surface area (Å²) in [6.07, 6.45) is 0. The minimum Gasteiger partial charge on any atom is -0.423 e. The summed E-state index contributed by atoms with van der Waals surface area (Å²) in [5.41, 5.74) is 1.58. The predicted octanol–water partition coefficient (Wildman–Crippen LogP) is -0.454. The molecule has 0 saturated carbocycles. The summed E-state index contributed by atoms with van der Waals surface area (Å²) >= 11 is 0. The molecule has 0 aliphatic rings. The molecule has 60 valence electrons. The van der Waals surface area contributed by atoms with Gasteiger partial charge in [0.2, 0.25) is 0 Å². The lowest BCUT2D eigenvalue weighted by Crippen LogP contribution is -2.32. The zero-order valence-electron chi connectivity index (χ0n) is 6.65. The van der Waals surface area contributed by atoms with Crippen LogP contribution in [0, 0.1) is 18.3 Å². The van der Waals surface area contributed by atoms with Crippen LogP contribution in [0.25, 0.3) is 0 Å². The van der Waals surface area contributed by atoms with Gasteiger partial charge in [0.15, 0.2) is 0 Å². The third-order valence-corrected chi connectivity index (χ3v) is 1.69. The number of rotatable bonds is 1. The smallest absolute Gasteiger partial charge is 0.423 e. The lowest BCUT2D eigenvalue weighted by atomic mass is 9.77. The van der Waals surface area contributed by atoms with Crippen molar-refractivity contribution in [2.24, 2.45) is 0 Å². The molecule has 0 aliphatic carbocycles. The van der Waals surface area contributed by atoms with Gasteiger partial charge in [-0.25, -0.2) is 0 Å². The van der Waals surface area contributed by atoms with Crippen molar-refractivity contribution in [2.75, 3.05) is 0 Å². The molecule has 1 aromatic rings. The molecular formula is C8H8BNO2. The molecule has 0 bridgehead atoms. The van der Waals surface area contributed by atoms with Crippen LogP contribution < -0.4 is 5.46 Å². The van der Waals surface area contributed by atoms with E-state index in [9.17, 15) is 0 Å². The Morgan fingerprint density at radius 1 is 1.42 bits per heavy atom. The fourth-order valence-electron chi connectivity index (χ4n) is 0.988. The maximum atomic E-state index is 8.87. The zero-order valence-corrected chi connectivity index (χ0v) is 6.65. The van der Waals surface area contributed by atoms with Crippen LogP contribution in [0.3, 0.4) is 0 Å². The molecule has 3 nitrogen and oxygen atoms in total. The summed E-state index contributed by atoms with van der Waals surface area (Å²) in [5, 5.41) is 26.3. The fourth-order valence-corrected chi connectivity index (χ4v) is 0.988. The van der Waals surface area contributed by atoms with Crippen molar-refractivity contribution in [1.82, 2.24) is 0 Å². The lowest BCUT2D eigenvalue weighted by molar-refractivity contribution is 0.425. The normalized spacial score (nSPS) is 9.17. The highest BCUT2D eigenvalue weighted by molar-refractivity contribution is 6.59. The van der Waals surface area contributed by atoms with E-state index < -0.39 is 7.12 Å². The molecule has 12 heavy (non-hydrogen) atoms. The van der Waals surface area contributed by atoms with E-state index in [1.165, 1.54) is 6.07 Å². The minimum absolute atomic E-state index is 0.383. The van der Waals surface area contributed by atoms with Crippen LogP contribution in [-0.2, 0) is 0 Å². The molecule has 0 aromatic heterocycles. The summed E-state index contributed by atoms with van der Waals surface area (Å²) in [7, 11) is -1.50. The predicted molar refractivity (Wildman–Crippen MR) is 45.7 cm³/mol. The molecule has 0 spiro atoms. The SMILES string of the molecule is Cc1ccc(C#N)cc1B(O)O. The molecule has 0 radical (unpaired) electrons. The van der Waals surface area contributed by atoms with E-state index >= 15 is 0 Å². The topological polar surface area (TPSA) is 64.2 Å². The van der Waals surface area contributed by atoms with Gasteiger partial charge in [-0.3, -0.25) is 0 Å². The molecule has 0 unspecified atom stereocenters. The summed E-state index contributed by atoms with van der Waals surface area (Å²) in [5.74, 6) is 0. The first-order valence-corrected chi connectivity index (χ1v) is 3.52. The molecule has 0 fully saturated rings. The second-order valence-electron chi connectivity index (χ2n) is 2.56. The van der Waals surface area contributed by atoms with Gasteiger partial charge in [0, 0.05) is 0 Å². The Morgan fingerprint density at radius 2 is 2.08 bits per heavy atom. The van der Waals surface area contributed by atoms with E-state index in [2.05, 4.69) is 0 Å². The van der Waals surface area contributed by atoms with Crippen LogP contribution in [0.4, 0.5) is 0 Å². The maximum Gasteiger partial charge on any atom is 0.488 e. The van der Waals surface area contributed by atoms with E-state index in [4.69, 9.17) is 15.3 Å². The van der Waals surface area contributed by atoms with Gasteiger partial charge in [0.25, 0.3) is 0 Å². The molecule has 1 rings (SSSR count). The monoisotopic (exact) mass is 161 g/mol. The second kappa shape index (κ2) is 3.39. The number of benzene rings is 1. The highest BCUT2D eigenvalue weighted by atomic mass is 16.4. The minimum atomic E-state index is -1.50. The Kier molecular flexibility index (Phi) is 2.49. The molecule has 2 N–H and O–H groups in total. The number of nitrogens with zero attached hydrogens (tertiary/aromatic N) is 1. The van der Waals surface area contributed by atoms with Gasteiger partial charge in [-0.1, -0.05) is 11.6 Å². The summed E-state index contributed by atoms with van der Waals surface area (Å²) in [6.45, 7) is 1.76. The average Bonchev–Trinajstić information content (AvgIpc) is 2.05. The van der Waals surface area contributed by atoms with Gasteiger partial charge in [-0.05, 0) is 24.5 Å². The van der Waals surface area contributed by atoms with Gasteiger partial charge in [-0.15, -0.1) is 0 Å². The molecule has 0 atom stereocenters. The molecule has 4 heteroatoms. The number of aryl methyl sites for hydroxylation is 1. The van der Waals surface area contributed by atoms with Gasteiger partial charge in [-0.2, -0.15) is 5.26 Å². The van der Waals surface area contributed by atoms with Crippen molar-refractivity contribution in [1.29, 1.82) is 5.26 Å². The Labute approximate surface area is 71.0 Å². The Morgan fingerprint density at radius 3 is 2.58 bits per heavy atom. The maximum absolute atomic E-state index is 8.87. The Bertz CT molecular complexity index is 330. The van der Waals surface area contributed by atoms with Crippen LogP contribution in [0.15, 0.2) is 18.2 Å². The van der Waals surface area contributed by atoms with Gasteiger partial charge >= 0.3 is 7.12 Å². The largest absolute Gasteiger partial charge is 0.488 e. The van der Waals surface area contributed by atoms with Gasteiger partial charge < -0.3 is 10.0 Å². The molecule has 0 amide bonds. The first-order chi connectivity index (χ1) is 5.65. The standard InChI is InChI=1S/C8H8BNO2/c1-6-2-3-7(5-10)4-8(6)9(11)12/h2-4,11-12H,1H3. The first kappa shape index (κ1) is 8.79. The van der Waals surface area contributed by atoms with E-state index in [-0.39, 0.29) is 0 Å². The van der Waals surface area contributed by atoms with Crippen LogP contribution in [0.1, 0.15) is 11.1 Å². The zero-order chi connectivity index (χ0) is 9.14. The third kappa shape index (κ3) is 1.64. The van der Waals surface area contributed by atoms with Crippen LogP contribution >= 0.6 is 0 Å². The summed E-state index contributed by atoms with van der Waals surface area (Å²) in [4.78, 5) is 0. The molecule has 0 heterocycles. The third-order valence-electron chi connectivity index (χ3n) is 1.69. The van der Waals surface area contributed by atoms with Crippen molar-refractivity contribution in [3.8, 4) is 6.07 Å². The van der Waals surface area contributed by atoms with Crippen molar-refractivity contribution in [3.05, 3.63) is 29.3 Å². The molecule has 0 saturated heterocycles. The number of hydrogen-bond donors (Lipinski definition) is 2. The highest BCUT2D eigenvalue weighted by Crippen LogP contribution is 1.99. The van der Waals surface area contributed by atoms with Crippen molar-refractivity contribution < 1.29 is 10.0 Å². The summed E-state index contributed by atoms with van der Waals surface area (Å²) in [6, 6.07) is 6.73. The highest BCUT2D eigenvalue weighted by Gasteiger charge is 2.13. The van der Waals surface area contributed by atoms with Crippen molar-refractivity contribution in [2.45, 2.75) is 6.92 Å². The first-order valence-electron chi connectivity index (χ1n) is 3.52. The van der Waals surface area contributed by atoms with E-state index in [0.29, 0.717) is 11.0 Å². The average molecular weight is 161 g/mol. The number of nitriles is 1. The molecular weight excluding hydrogens is 153 g/mol. The van der Waals surface area contributed by atoms with Crippen LogP contribution in [0.2, 0.25) is 0 Å². The van der Waals surface area contributed by atoms with Gasteiger partial charge in [0.05, 0.1) is 11.6 Å². The quantitative estimate of drug-likeness (QED) is 0.548. The lowest BCUT2D eigenvalue weighted by Gasteiger charge is -2.03. The number of hydrogen-bond acceptors (Lipinski definition) is 3. The van der Waals surface area contributed by atoms with Crippen LogP contribution in [-0.4, -0.2) is 17.2 Å². The van der Waals surface area contributed by atoms with E-state index in [1.54, 1.807) is 19.1 Å². The van der Waals surface area contributed by atoms with E-state index in [1.807, 2.05) is 6.07 Å². The second-order valence-corrected chi connectivity index (χ2v) is 2.56. The van der Waals surface area contributed by atoms with Crippen molar-refractivity contribution >= 4 is 12.6 Å². The van der Waals surface area contributed by atoms with Crippen molar-refractivity contribution in [3.63, 3.8) is 0 Å². The Hall–Kier alpha value is -1.31.